The van der Waals surface area contributed by atoms with Crippen LogP contribution in [0.15, 0.2) is 48.5 Å². The Labute approximate surface area is 124 Å². The summed E-state index contributed by atoms with van der Waals surface area (Å²) in [4.78, 5) is 0. The van der Waals surface area contributed by atoms with Crippen LogP contribution in [0.5, 0.6) is 0 Å². The summed E-state index contributed by atoms with van der Waals surface area (Å²) in [5.74, 6) is 0.537. The molecule has 1 saturated heterocycles. The number of benzene rings is 2. The fourth-order valence-corrected chi connectivity index (χ4v) is 3.18. The molecule has 0 spiro atoms. The molecular weight excluding hydrogens is 262 g/mol. The molecule has 21 heavy (non-hydrogen) atoms. The normalized spacial score (nSPS) is 21.8. The summed E-state index contributed by atoms with van der Waals surface area (Å²) in [6, 6.07) is 17.2. The molecule has 1 fully saturated rings. The Morgan fingerprint density at radius 1 is 0.857 bits per heavy atom. The van der Waals surface area contributed by atoms with Gasteiger partial charge in [-0.2, -0.15) is 11.1 Å². The van der Waals surface area contributed by atoms with E-state index in [1.807, 2.05) is 0 Å². The van der Waals surface area contributed by atoms with Gasteiger partial charge in [-0.25, -0.2) is 10.9 Å². The predicted molar refractivity (Wildman–Crippen MR) is 83.1 cm³/mol. The molecule has 5 N–H and O–H groups in total. The first-order valence-electron chi connectivity index (χ1n) is 7.33. The molecule has 2 aliphatic rings. The van der Waals surface area contributed by atoms with Crippen molar-refractivity contribution in [2.24, 2.45) is 0 Å². The van der Waals surface area contributed by atoms with E-state index in [0.717, 1.165) is 13.0 Å². The Hall–Kier alpha value is -1.92. The van der Waals surface area contributed by atoms with Gasteiger partial charge in [0, 0.05) is 23.7 Å². The molecule has 1 atom stereocenters. The summed E-state index contributed by atoms with van der Waals surface area (Å²) < 4.78 is 0. The van der Waals surface area contributed by atoms with Crippen LogP contribution in [-0.4, -0.2) is 6.54 Å². The van der Waals surface area contributed by atoms with Gasteiger partial charge in [0.15, 0.2) is 0 Å². The fourth-order valence-electron chi connectivity index (χ4n) is 3.18. The van der Waals surface area contributed by atoms with Crippen LogP contribution in [0.25, 0.3) is 0 Å². The van der Waals surface area contributed by atoms with Gasteiger partial charge in [0.1, 0.15) is 6.17 Å². The van der Waals surface area contributed by atoms with Crippen LogP contribution in [0.1, 0.15) is 28.8 Å². The molecule has 0 aromatic heterocycles. The molecule has 0 saturated carbocycles. The first kappa shape index (κ1) is 12.8. The van der Waals surface area contributed by atoms with E-state index in [9.17, 15) is 0 Å². The summed E-state index contributed by atoms with van der Waals surface area (Å²) in [6.45, 7) is 0.974. The number of anilines is 1. The van der Waals surface area contributed by atoms with Crippen molar-refractivity contribution in [2.45, 2.75) is 18.5 Å². The van der Waals surface area contributed by atoms with Crippen molar-refractivity contribution in [3.63, 3.8) is 0 Å². The highest BCUT2D eigenvalue weighted by Crippen LogP contribution is 2.34. The zero-order chi connectivity index (χ0) is 14.1. The zero-order valence-electron chi connectivity index (χ0n) is 11.7. The molecule has 2 heterocycles. The maximum atomic E-state index is 3.62. The molecule has 0 amide bonds. The van der Waals surface area contributed by atoms with Gasteiger partial charge in [-0.3, -0.25) is 0 Å². The van der Waals surface area contributed by atoms with Crippen LogP contribution in [-0.2, 0) is 6.42 Å². The summed E-state index contributed by atoms with van der Waals surface area (Å²) in [5, 5.41) is 3.62. The van der Waals surface area contributed by atoms with Gasteiger partial charge in [0.2, 0.25) is 0 Å². The van der Waals surface area contributed by atoms with E-state index in [0.29, 0.717) is 5.92 Å². The largest absolute Gasteiger partial charge is 0.384 e. The summed E-state index contributed by atoms with van der Waals surface area (Å²) in [6.07, 6.45) is 1.15. The van der Waals surface area contributed by atoms with Gasteiger partial charge in [-0.15, -0.1) is 0 Å². The number of nitrogens with one attached hydrogen (secondary N) is 5. The van der Waals surface area contributed by atoms with Gasteiger partial charge >= 0.3 is 0 Å². The van der Waals surface area contributed by atoms with Crippen LogP contribution >= 0.6 is 0 Å². The quantitative estimate of drug-likeness (QED) is 0.578. The lowest BCUT2D eigenvalue weighted by Gasteiger charge is -2.29. The molecule has 2 aliphatic heterocycles. The second kappa shape index (κ2) is 5.46. The lowest BCUT2D eigenvalue weighted by Crippen LogP contribution is -2.33. The second-order valence-corrected chi connectivity index (χ2v) is 5.55. The van der Waals surface area contributed by atoms with Crippen LogP contribution in [0.3, 0.4) is 0 Å². The van der Waals surface area contributed by atoms with Crippen LogP contribution < -0.4 is 27.2 Å². The van der Waals surface area contributed by atoms with E-state index in [1.165, 1.54) is 22.4 Å². The minimum absolute atomic E-state index is 0.0701. The average molecular weight is 281 g/mol. The van der Waals surface area contributed by atoms with Crippen LogP contribution in [0, 0.1) is 0 Å². The first-order valence-corrected chi connectivity index (χ1v) is 7.33. The number of rotatable bonds is 2. The number of hydrogen-bond donors (Lipinski definition) is 5. The molecule has 2 aromatic carbocycles. The van der Waals surface area contributed by atoms with Crippen molar-refractivity contribution in [3.05, 3.63) is 65.2 Å². The summed E-state index contributed by atoms with van der Waals surface area (Å²) in [5.41, 5.74) is 17.3. The third-order valence-corrected chi connectivity index (χ3v) is 4.25. The van der Waals surface area contributed by atoms with E-state index >= 15 is 0 Å². The average Bonchev–Trinajstić information content (AvgIpc) is 3.09. The molecule has 5 nitrogen and oxygen atoms in total. The number of para-hydroxylation sites is 1. The fraction of sp³-hybridized carbons (Fsp3) is 0.250. The molecule has 5 heteroatoms. The Morgan fingerprint density at radius 3 is 2.48 bits per heavy atom. The maximum Gasteiger partial charge on any atom is 0.113 e. The van der Waals surface area contributed by atoms with E-state index in [-0.39, 0.29) is 6.17 Å². The Kier molecular flexibility index (Phi) is 3.33. The van der Waals surface area contributed by atoms with Crippen LogP contribution in [0.4, 0.5) is 5.69 Å². The van der Waals surface area contributed by atoms with Gasteiger partial charge in [-0.05, 0) is 17.5 Å². The minimum atomic E-state index is 0.0701. The third kappa shape index (κ3) is 2.41. The van der Waals surface area contributed by atoms with Gasteiger partial charge in [-0.1, -0.05) is 48.5 Å². The number of hydrogen-bond acceptors (Lipinski definition) is 5. The maximum absolute atomic E-state index is 3.62. The molecule has 108 valence electrons. The van der Waals surface area contributed by atoms with Crippen molar-refractivity contribution < 1.29 is 0 Å². The lowest BCUT2D eigenvalue weighted by atomic mass is 9.87. The highest BCUT2D eigenvalue weighted by molar-refractivity contribution is 5.61. The smallest absolute Gasteiger partial charge is 0.113 e. The third-order valence-electron chi connectivity index (χ3n) is 4.25. The van der Waals surface area contributed by atoms with E-state index in [1.54, 1.807) is 0 Å². The lowest BCUT2D eigenvalue weighted by molar-refractivity contribution is 0.552. The van der Waals surface area contributed by atoms with Gasteiger partial charge in [0.25, 0.3) is 0 Å². The molecule has 1 unspecified atom stereocenters. The highest BCUT2D eigenvalue weighted by atomic mass is 15.8. The Bertz CT molecular complexity index is 622. The molecule has 0 radical (unpaired) electrons. The van der Waals surface area contributed by atoms with E-state index < -0.39 is 0 Å². The minimum Gasteiger partial charge on any atom is -0.384 e. The monoisotopic (exact) mass is 281 g/mol. The van der Waals surface area contributed by atoms with Gasteiger partial charge < -0.3 is 5.32 Å². The topological polar surface area (TPSA) is 60.1 Å². The van der Waals surface area contributed by atoms with Crippen molar-refractivity contribution in [1.29, 1.82) is 0 Å². The van der Waals surface area contributed by atoms with Crippen molar-refractivity contribution in [2.75, 3.05) is 11.9 Å². The second-order valence-electron chi connectivity index (χ2n) is 5.55. The Morgan fingerprint density at radius 2 is 1.67 bits per heavy atom. The number of fused-ring (bicyclic) bond motifs is 1. The summed E-state index contributed by atoms with van der Waals surface area (Å²) in [7, 11) is 0. The summed E-state index contributed by atoms with van der Waals surface area (Å²) >= 11 is 0. The molecule has 0 bridgehead atoms. The highest BCUT2D eigenvalue weighted by Gasteiger charge is 2.25. The predicted octanol–water partition coefficient (Wildman–Crippen LogP) is 1.55. The van der Waals surface area contributed by atoms with E-state index in [4.69, 9.17) is 0 Å². The molecular formula is C16H19N5. The molecule has 4 rings (SSSR count). The molecule has 0 aliphatic carbocycles. The van der Waals surface area contributed by atoms with E-state index in [2.05, 4.69) is 75.8 Å². The first-order chi connectivity index (χ1) is 10.4. The Balaban J connectivity index is 1.63. The number of hydrazine groups is 3. The van der Waals surface area contributed by atoms with Crippen LogP contribution in [0.2, 0.25) is 0 Å². The van der Waals surface area contributed by atoms with Crippen molar-refractivity contribution >= 4 is 5.69 Å². The standard InChI is InChI=1S/C16H19N5/c1-2-5-11(6-3-1)13-9-12-7-4-8-14(15(12)17-10-13)16-18-20-21-19-16/h1-8,13,16-21H,9-10H2. The van der Waals surface area contributed by atoms with Crippen molar-refractivity contribution in [1.82, 2.24) is 21.9 Å². The zero-order valence-corrected chi connectivity index (χ0v) is 11.7. The SMILES string of the molecule is c1ccc(C2CNc3c(cccc3C3NNNN3)C2)cc1. The van der Waals surface area contributed by atoms with Gasteiger partial charge in [0.05, 0.1) is 0 Å². The molecule has 2 aromatic rings. The van der Waals surface area contributed by atoms with Crippen molar-refractivity contribution in [3.8, 4) is 0 Å².